The van der Waals surface area contributed by atoms with E-state index in [1.165, 1.54) is 11.8 Å². The average molecular weight is 267 g/mol. The Morgan fingerprint density at radius 3 is 2.44 bits per heavy atom. The maximum Gasteiger partial charge on any atom is 0.237 e. The first-order valence-electron chi connectivity index (χ1n) is 6.12. The van der Waals surface area contributed by atoms with E-state index in [-0.39, 0.29) is 16.4 Å². The molecular formula is C14H21NO2S. The molecule has 0 saturated carbocycles. The Balaban J connectivity index is 2.58. The summed E-state index contributed by atoms with van der Waals surface area (Å²) in [5.74, 6) is -0.0261. The van der Waals surface area contributed by atoms with Crippen LogP contribution in [0.2, 0.25) is 0 Å². The maximum atomic E-state index is 12.0. The highest BCUT2D eigenvalue weighted by Gasteiger charge is 2.19. The van der Waals surface area contributed by atoms with Crippen LogP contribution in [0.15, 0.2) is 24.3 Å². The van der Waals surface area contributed by atoms with E-state index in [4.69, 9.17) is 0 Å². The predicted octanol–water partition coefficient (Wildman–Crippen LogP) is 2.82. The Morgan fingerprint density at radius 1 is 1.28 bits per heavy atom. The van der Waals surface area contributed by atoms with Gasteiger partial charge in [-0.15, -0.1) is 11.8 Å². The molecule has 1 amide bonds. The predicted molar refractivity (Wildman–Crippen MR) is 78.0 cm³/mol. The largest absolute Gasteiger partial charge is 0.392 e. The zero-order valence-electron chi connectivity index (χ0n) is 11.3. The minimum absolute atomic E-state index is 0.0261. The van der Waals surface area contributed by atoms with Gasteiger partial charge in [0.2, 0.25) is 5.91 Å². The number of benzene rings is 1. The van der Waals surface area contributed by atoms with Crippen LogP contribution in [0.4, 0.5) is 5.69 Å². The molecule has 0 unspecified atom stereocenters. The number of aryl methyl sites for hydroxylation is 1. The molecule has 1 aromatic carbocycles. The molecule has 0 bridgehead atoms. The van der Waals surface area contributed by atoms with Gasteiger partial charge in [-0.3, -0.25) is 4.79 Å². The summed E-state index contributed by atoms with van der Waals surface area (Å²) in [7, 11) is 0. The maximum absolute atomic E-state index is 12.0. The number of hydrogen-bond donors (Lipinski definition) is 2. The molecule has 0 saturated heterocycles. The summed E-state index contributed by atoms with van der Waals surface area (Å²) in [5, 5.41) is 12.2. The molecule has 0 aliphatic carbocycles. The highest BCUT2D eigenvalue weighted by atomic mass is 32.2. The molecule has 2 N–H and O–H groups in total. The lowest BCUT2D eigenvalue weighted by molar-refractivity contribution is -0.115. The molecule has 100 valence electrons. The first kappa shape index (κ1) is 15.1. The van der Waals surface area contributed by atoms with Gasteiger partial charge >= 0.3 is 0 Å². The van der Waals surface area contributed by atoms with Gasteiger partial charge in [0.15, 0.2) is 0 Å². The summed E-state index contributed by atoms with van der Waals surface area (Å²) >= 11 is 1.48. The number of carbonyl (C=O) groups excluding carboxylic acids is 1. The first-order valence-corrected chi connectivity index (χ1v) is 7.06. The second kappa shape index (κ2) is 6.81. The van der Waals surface area contributed by atoms with Crippen LogP contribution in [-0.4, -0.2) is 27.6 Å². The number of nitrogens with one attached hydrogen (secondary N) is 1. The molecule has 0 aliphatic rings. The fraction of sp³-hybridized carbons (Fsp3) is 0.500. The van der Waals surface area contributed by atoms with E-state index in [1.807, 2.05) is 45.0 Å². The average Bonchev–Trinajstić information content (AvgIpc) is 2.31. The Bertz CT molecular complexity index is 407. The molecule has 0 spiro atoms. The van der Waals surface area contributed by atoms with Gasteiger partial charge in [-0.1, -0.05) is 25.1 Å². The molecule has 18 heavy (non-hydrogen) atoms. The lowest BCUT2D eigenvalue weighted by atomic mass is 10.2. The summed E-state index contributed by atoms with van der Waals surface area (Å²) < 4.78 is 0. The van der Waals surface area contributed by atoms with Gasteiger partial charge in [-0.05, 0) is 32.4 Å². The van der Waals surface area contributed by atoms with Gasteiger partial charge in [0.25, 0.3) is 0 Å². The number of thioether (sulfide) groups is 1. The van der Waals surface area contributed by atoms with Gasteiger partial charge in [-0.2, -0.15) is 0 Å². The van der Waals surface area contributed by atoms with Gasteiger partial charge in [0.05, 0.1) is 11.4 Å². The van der Waals surface area contributed by atoms with Gasteiger partial charge < -0.3 is 10.4 Å². The summed E-state index contributed by atoms with van der Waals surface area (Å²) in [5.41, 5.74) is 1.89. The normalized spacial score (nSPS) is 15.8. The number of rotatable bonds is 5. The Labute approximate surface area is 113 Å². The third-order valence-electron chi connectivity index (χ3n) is 2.87. The highest BCUT2D eigenvalue weighted by Crippen LogP contribution is 2.22. The molecule has 3 atom stereocenters. The summed E-state index contributed by atoms with van der Waals surface area (Å²) in [6.07, 6.45) is -0.413. The topological polar surface area (TPSA) is 49.3 Å². The van der Waals surface area contributed by atoms with Crippen molar-refractivity contribution in [3.05, 3.63) is 29.8 Å². The summed E-state index contributed by atoms with van der Waals surface area (Å²) in [6.45, 7) is 7.49. The standard InChI is InChI=1S/C14H21NO2S/c1-9-7-5-6-8-13(9)15-14(17)12(4)18-11(3)10(2)16/h5-8,10-12,16H,1-4H3,(H,15,17)/t10-,11+,12+/m1/s1. The Hall–Kier alpha value is -1.000. The lowest BCUT2D eigenvalue weighted by Gasteiger charge is -2.19. The fourth-order valence-corrected chi connectivity index (χ4v) is 2.50. The van der Waals surface area contributed by atoms with Crippen LogP contribution in [0.3, 0.4) is 0 Å². The van der Waals surface area contributed by atoms with E-state index in [1.54, 1.807) is 6.92 Å². The van der Waals surface area contributed by atoms with E-state index in [0.717, 1.165) is 11.3 Å². The van der Waals surface area contributed by atoms with Gasteiger partial charge in [0, 0.05) is 10.9 Å². The fourth-order valence-electron chi connectivity index (χ4n) is 1.44. The molecular weight excluding hydrogens is 246 g/mol. The van der Waals surface area contributed by atoms with Crippen molar-refractivity contribution < 1.29 is 9.90 Å². The number of hydrogen-bond acceptors (Lipinski definition) is 3. The van der Waals surface area contributed by atoms with Crippen LogP contribution in [0, 0.1) is 6.92 Å². The van der Waals surface area contributed by atoms with Crippen molar-refractivity contribution >= 4 is 23.4 Å². The summed E-state index contributed by atoms with van der Waals surface area (Å²) in [6, 6.07) is 7.70. The van der Waals surface area contributed by atoms with E-state index in [2.05, 4.69) is 5.32 Å². The number of aliphatic hydroxyl groups is 1. The van der Waals surface area contributed by atoms with E-state index >= 15 is 0 Å². The van der Waals surface area contributed by atoms with Crippen molar-refractivity contribution in [3.8, 4) is 0 Å². The Morgan fingerprint density at radius 2 is 1.89 bits per heavy atom. The smallest absolute Gasteiger partial charge is 0.237 e. The summed E-state index contributed by atoms with van der Waals surface area (Å²) in [4.78, 5) is 12.0. The Kier molecular flexibility index (Phi) is 5.69. The van der Waals surface area contributed by atoms with Crippen LogP contribution < -0.4 is 5.32 Å². The second-order valence-corrected chi connectivity index (χ2v) is 6.25. The van der Waals surface area contributed by atoms with Crippen molar-refractivity contribution in [1.82, 2.24) is 0 Å². The molecule has 3 nitrogen and oxygen atoms in total. The van der Waals surface area contributed by atoms with E-state index in [9.17, 15) is 9.90 Å². The minimum Gasteiger partial charge on any atom is -0.392 e. The number of anilines is 1. The van der Waals surface area contributed by atoms with Gasteiger partial charge in [-0.25, -0.2) is 0 Å². The number of amides is 1. The molecule has 4 heteroatoms. The molecule has 0 aliphatic heterocycles. The third kappa shape index (κ3) is 4.35. The second-order valence-electron chi connectivity index (χ2n) is 4.53. The van der Waals surface area contributed by atoms with Crippen molar-refractivity contribution in [3.63, 3.8) is 0 Å². The van der Waals surface area contributed by atoms with Crippen LogP contribution in [0.1, 0.15) is 26.3 Å². The lowest BCUT2D eigenvalue weighted by Crippen LogP contribution is -2.27. The SMILES string of the molecule is Cc1ccccc1NC(=O)[C@H](C)S[C@@H](C)[C@@H](C)O. The molecule has 1 rings (SSSR count). The van der Waals surface area contributed by atoms with Crippen molar-refractivity contribution in [2.75, 3.05) is 5.32 Å². The molecule has 0 aromatic heterocycles. The highest BCUT2D eigenvalue weighted by molar-refractivity contribution is 8.01. The monoisotopic (exact) mass is 267 g/mol. The van der Waals surface area contributed by atoms with Gasteiger partial charge in [0.1, 0.15) is 0 Å². The van der Waals surface area contributed by atoms with Crippen LogP contribution >= 0.6 is 11.8 Å². The van der Waals surface area contributed by atoms with Crippen molar-refractivity contribution in [1.29, 1.82) is 0 Å². The van der Waals surface area contributed by atoms with Crippen molar-refractivity contribution in [2.45, 2.75) is 44.3 Å². The zero-order valence-corrected chi connectivity index (χ0v) is 12.1. The zero-order chi connectivity index (χ0) is 13.7. The van der Waals surface area contributed by atoms with Crippen LogP contribution in [-0.2, 0) is 4.79 Å². The minimum atomic E-state index is -0.413. The number of para-hydroxylation sites is 1. The first-order chi connectivity index (χ1) is 8.41. The van der Waals surface area contributed by atoms with Crippen molar-refractivity contribution in [2.24, 2.45) is 0 Å². The molecule has 0 fully saturated rings. The van der Waals surface area contributed by atoms with Crippen LogP contribution in [0.25, 0.3) is 0 Å². The van der Waals surface area contributed by atoms with E-state index < -0.39 is 6.10 Å². The quantitative estimate of drug-likeness (QED) is 0.862. The van der Waals surface area contributed by atoms with E-state index in [0.29, 0.717) is 0 Å². The molecule has 0 heterocycles. The number of aliphatic hydroxyl groups excluding tert-OH is 1. The molecule has 1 aromatic rings. The molecule has 0 radical (unpaired) electrons. The third-order valence-corrected chi connectivity index (χ3v) is 4.32. The number of carbonyl (C=O) groups is 1. The van der Waals surface area contributed by atoms with Crippen LogP contribution in [0.5, 0.6) is 0 Å².